The van der Waals surface area contributed by atoms with Gasteiger partial charge < -0.3 is 9.72 Å². The number of amides is 1. The molecule has 0 aromatic carbocycles. The number of hydrogen-bond donors (Lipinski definition) is 1. The molecule has 0 unspecified atom stereocenters. The molecule has 3 aromatic rings. The Hall–Kier alpha value is -2.61. The highest BCUT2D eigenvalue weighted by atomic mass is 35.5. The van der Waals surface area contributed by atoms with Gasteiger partial charge in [-0.2, -0.15) is 13.2 Å². The van der Waals surface area contributed by atoms with E-state index in [2.05, 4.69) is 15.3 Å². The molecule has 3 heterocycles. The van der Waals surface area contributed by atoms with E-state index in [1.54, 1.807) is 18.3 Å². The number of fused-ring (bicyclic) bond motifs is 1. The first-order valence-electron chi connectivity index (χ1n) is 7.19. The van der Waals surface area contributed by atoms with Gasteiger partial charge in [0.25, 0.3) is 0 Å². The minimum absolute atomic E-state index is 0.116. The predicted molar refractivity (Wildman–Crippen MR) is 86.5 cm³/mol. The van der Waals surface area contributed by atoms with Crippen LogP contribution in [-0.2, 0) is 17.4 Å². The Bertz CT molecular complexity index is 952. The van der Waals surface area contributed by atoms with Crippen LogP contribution in [0.15, 0.2) is 36.8 Å². The molecule has 9 heteroatoms. The number of aryl methyl sites for hydroxylation is 1. The van der Waals surface area contributed by atoms with Crippen LogP contribution >= 0.6 is 11.6 Å². The summed E-state index contributed by atoms with van der Waals surface area (Å²) in [6.45, 7) is 1.86. The Morgan fingerprint density at radius 1 is 1.32 bits per heavy atom. The normalized spacial score (nSPS) is 11.7. The second-order valence-corrected chi connectivity index (χ2v) is 5.89. The second-order valence-electron chi connectivity index (χ2n) is 5.48. The van der Waals surface area contributed by atoms with Crippen LogP contribution in [0.2, 0.25) is 5.02 Å². The molecule has 0 spiro atoms. The summed E-state index contributed by atoms with van der Waals surface area (Å²) in [5.41, 5.74) is 0.504. The van der Waals surface area contributed by atoms with Crippen molar-refractivity contribution in [2.24, 2.45) is 0 Å². The largest absolute Gasteiger partial charge is 0.417 e. The van der Waals surface area contributed by atoms with Crippen LogP contribution in [0.1, 0.15) is 16.8 Å². The fourth-order valence-electron chi connectivity index (χ4n) is 2.30. The average Bonchev–Trinajstić information content (AvgIpc) is 2.89. The number of nitrogens with one attached hydrogen (secondary N) is 1. The lowest BCUT2D eigenvalue weighted by atomic mass is 10.3. The van der Waals surface area contributed by atoms with Crippen molar-refractivity contribution >= 4 is 29.0 Å². The van der Waals surface area contributed by atoms with Gasteiger partial charge in [0, 0.05) is 18.6 Å². The lowest BCUT2D eigenvalue weighted by Gasteiger charge is -2.07. The standard InChI is InChI=1S/C16H12ClF3N4O/c1-9-2-3-21-13(4-9)23-14(25)6-11-8-24-7-10(16(18,19)20)5-12(17)15(24)22-11/h2-5,7-8H,6H2,1H3,(H,21,23,25). The minimum Gasteiger partial charge on any atom is -0.310 e. The second kappa shape index (κ2) is 6.36. The molecule has 5 nitrogen and oxygen atoms in total. The Kier molecular flexibility index (Phi) is 4.38. The van der Waals surface area contributed by atoms with Gasteiger partial charge in [-0.25, -0.2) is 9.97 Å². The number of aromatic nitrogens is 3. The number of carbonyl (C=O) groups excluding carboxylic acids is 1. The van der Waals surface area contributed by atoms with Crippen molar-refractivity contribution < 1.29 is 18.0 Å². The number of carbonyl (C=O) groups is 1. The van der Waals surface area contributed by atoms with Crippen molar-refractivity contribution in [2.45, 2.75) is 19.5 Å². The molecule has 0 aliphatic rings. The quantitative estimate of drug-likeness (QED) is 0.763. The Morgan fingerprint density at radius 3 is 2.76 bits per heavy atom. The van der Waals surface area contributed by atoms with Gasteiger partial charge in [0.15, 0.2) is 5.65 Å². The van der Waals surface area contributed by atoms with E-state index >= 15 is 0 Å². The van der Waals surface area contributed by atoms with Crippen molar-refractivity contribution in [1.82, 2.24) is 14.4 Å². The Balaban J connectivity index is 1.82. The van der Waals surface area contributed by atoms with Gasteiger partial charge in [0.1, 0.15) is 5.82 Å². The number of alkyl halides is 3. The number of pyridine rings is 2. The lowest BCUT2D eigenvalue weighted by molar-refractivity contribution is -0.137. The van der Waals surface area contributed by atoms with E-state index in [1.807, 2.05) is 6.92 Å². The molecular formula is C16H12ClF3N4O. The summed E-state index contributed by atoms with van der Waals surface area (Å²) in [5, 5.41) is 2.48. The highest BCUT2D eigenvalue weighted by Gasteiger charge is 2.31. The molecule has 1 N–H and O–H groups in total. The third-order valence-corrected chi connectivity index (χ3v) is 3.69. The van der Waals surface area contributed by atoms with Crippen LogP contribution < -0.4 is 5.32 Å². The molecule has 0 bridgehead atoms. The Labute approximate surface area is 145 Å². The van der Waals surface area contributed by atoms with E-state index in [-0.39, 0.29) is 23.0 Å². The fraction of sp³-hybridized carbons (Fsp3) is 0.188. The van der Waals surface area contributed by atoms with Gasteiger partial charge in [-0.1, -0.05) is 11.6 Å². The average molecular weight is 369 g/mol. The topological polar surface area (TPSA) is 59.3 Å². The summed E-state index contributed by atoms with van der Waals surface area (Å²) in [6.07, 6.45) is -0.836. The van der Waals surface area contributed by atoms with Gasteiger partial charge in [-0.05, 0) is 30.7 Å². The maximum atomic E-state index is 12.8. The molecule has 0 aliphatic heterocycles. The van der Waals surface area contributed by atoms with Gasteiger partial charge in [0.2, 0.25) is 5.91 Å². The van der Waals surface area contributed by atoms with Crippen molar-refractivity contribution in [2.75, 3.05) is 5.32 Å². The highest BCUT2D eigenvalue weighted by molar-refractivity contribution is 6.33. The molecule has 0 fully saturated rings. The van der Waals surface area contributed by atoms with E-state index in [4.69, 9.17) is 11.6 Å². The maximum Gasteiger partial charge on any atom is 0.417 e. The van der Waals surface area contributed by atoms with Crippen molar-refractivity contribution in [3.8, 4) is 0 Å². The minimum atomic E-state index is -4.52. The monoisotopic (exact) mass is 368 g/mol. The summed E-state index contributed by atoms with van der Waals surface area (Å²) in [5.74, 6) is 0.0137. The summed E-state index contributed by atoms with van der Waals surface area (Å²) in [6, 6.07) is 4.30. The van der Waals surface area contributed by atoms with Gasteiger partial charge >= 0.3 is 6.18 Å². The molecule has 0 atom stereocenters. The first kappa shape index (κ1) is 17.2. The van der Waals surface area contributed by atoms with Crippen LogP contribution in [-0.4, -0.2) is 20.3 Å². The first-order valence-corrected chi connectivity index (χ1v) is 7.57. The zero-order valence-corrected chi connectivity index (χ0v) is 13.7. The van der Waals surface area contributed by atoms with Gasteiger partial charge in [-0.15, -0.1) is 0 Å². The molecule has 3 rings (SSSR count). The molecule has 130 valence electrons. The lowest BCUT2D eigenvalue weighted by Crippen LogP contribution is -2.15. The number of anilines is 1. The number of imidazole rings is 1. The van der Waals surface area contributed by atoms with Crippen molar-refractivity contribution in [1.29, 1.82) is 0 Å². The summed E-state index contributed by atoms with van der Waals surface area (Å²) >= 11 is 5.87. The predicted octanol–water partition coefficient (Wildman–Crippen LogP) is 3.89. The molecule has 0 aliphatic carbocycles. The number of rotatable bonds is 3. The van der Waals surface area contributed by atoms with Gasteiger partial charge in [-0.3, -0.25) is 4.79 Å². The molecule has 0 saturated heterocycles. The molecular weight excluding hydrogens is 357 g/mol. The van der Waals surface area contributed by atoms with Crippen LogP contribution in [0.4, 0.5) is 19.0 Å². The van der Waals surface area contributed by atoms with E-state index in [0.717, 1.165) is 17.8 Å². The molecule has 1 amide bonds. The molecule has 25 heavy (non-hydrogen) atoms. The van der Waals surface area contributed by atoms with Gasteiger partial charge in [0.05, 0.1) is 22.7 Å². The SMILES string of the molecule is Cc1ccnc(NC(=O)Cc2cn3cc(C(F)(F)F)cc(Cl)c3n2)c1. The molecule has 0 radical (unpaired) electrons. The maximum absolute atomic E-state index is 12.8. The third kappa shape index (κ3) is 3.90. The number of halogens is 4. The third-order valence-electron chi connectivity index (χ3n) is 3.41. The van der Waals surface area contributed by atoms with E-state index in [9.17, 15) is 18.0 Å². The van der Waals surface area contributed by atoms with Crippen LogP contribution in [0, 0.1) is 6.92 Å². The van der Waals surface area contributed by atoms with E-state index in [0.29, 0.717) is 11.5 Å². The summed E-state index contributed by atoms with van der Waals surface area (Å²) in [7, 11) is 0. The zero-order chi connectivity index (χ0) is 18.2. The van der Waals surface area contributed by atoms with E-state index in [1.165, 1.54) is 10.6 Å². The van der Waals surface area contributed by atoms with Crippen LogP contribution in [0.3, 0.4) is 0 Å². The van der Waals surface area contributed by atoms with Crippen LogP contribution in [0.25, 0.3) is 5.65 Å². The smallest absolute Gasteiger partial charge is 0.310 e. The van der Waals surface area contributed by atoms with Crippen molar-refractivity contribution in [3.05, 3.63) is 58.6 Å². The van der Waals surface area contributed by atoms with Crippen molar-refractivity contribution in [3.63, 3.8) is 0 Å². The number of hydrogen-bond acceptors (Lipinski definition) is 3. The molecule has 0 saturated carbocycles. The highest BCUT2D eigenvalue weighted by Crippen LogP contribution is 2.32. The summed E-state index contributed by atoms with van der Waals surface area (Å²) in [4.78, 5) is 20.2. The van der Waals surface area contributed by atoms with E-state index < -0.39 is 11.7 Å². The summed E-state index contributed by atoms with van der Waals surface area (Å²) < 4.78 is 39.6. The van der Waals surface area contributed by atoms with Crippen LogP contribution in [0.5, 0.6) is 0 Å². The Morgan fingerprint density at radius 2 is 2.08 bits per heavy atom. The first-order chi connectivity index (χ1) is 11.7. The molecule has 3 aromatic heterocycles. The fourth-order valence-corrected chi connectivity index (χ4v) is 2.56. The number of nitrogens with zero attached hydrogens (tertiary/aromatic N) is 3. The zero-order valence-electron chi connectivity index (χ0n) is 12.9.